The third kappa shape index (κ3) is 5.34. The van der Waals surface area contributed by atoms with Gasteiger partial charge in [0.2, 0.25) is 11.5 Å². The van der Waals surface area contributed by atoms with Gasteiger partial charge in [0, 0.05) is 40.0 Å². The molecule has 0 unspecified atom stereocenters. The minimum Gasteiger partial charge on any atom is -0.453 e. The molecule has 15 heteroatoms. The number of aromatic nitrogens is 12. The molecular formula is C35H33N13O2. The molecule has 0 amide bonds. The number of benzene rings is 2. The topological polar surface area (TPSA) is 152 Å². The molecule has 0 saturated carbocycles. The van der Waals surface area contributed by atoms with Crippen molar-refractivity contribution in [1.29, 1.82) is 0 Å². The Morgan fingerprint density at radius 2 is 1.54 bits per heavy atom. The Labute approximate surface area is 286 Å². The van der Waals surface area contributed by atoms with Gasteiger partial charge in [0.15, 0.2) is 22.9 Å². The second-order valence-electron chi connectivity index (χ2n) is 11.9. The van der Waals surface area contributed by atoms with Crippen LogP contribution in [0.4, 0.5) is 5.82 Å². The number of para-hydroxylation sites is 1. The predicted molar refractivity (Wildman–Crippen MR) is 186 cm³/mol. The lowest BCUT2D eigenvalue weighted by atomic mass is 10.1. The van der Waals surface area contributed by atoms with Crippen LogP contribution in [-0.4, -0.2) is 65.8 Å². The zero-order valence-electron chi connectivity index (χ0n) is 28.3. The highest BCUT2D eigenvalue weighted by Gasteiger charge is 2.22. The number of hydrogen-bond acceptors (Lipinski definition) is 11. The zero-order chi connectivity index (χ0) is 34.5. The van der Waals surface area contributed by atoms with Crippen molar-refractivity contribution in [3.8, 4) is 45.8 Å². The Kier molecular flexibility index (Phi) is 7.43. The normalized spacial score (nSPS) is 11.5. The molecule has 0 spiro atoms. The fourth-order valence-electron chi connectivity index (χ4n) is 5.85. The summed E-state index contributed by atoms with van der Waals surface area (Å²) in [6.45, 7) is 5.78. The van der Waals surface area contributed by atoms with Crippen molar-refractivity contribution in [2.24, 2.45) is 14.1 Å². The van der Waals surface area contributed by atoms with Gasteiger partial charge in [-0.1, -0.05) is 30.3 Å². The molecule has 250 valence electrons. The fourth-order valence-corrected chi connectivity index (χ4v) is 5.85. The van der Waals surface area contributed by atoms with E-state index in [1.54, 1.807) is 22.6 Å². The van der Waals surface area contributed by atoms with Crippen molar-refractivity contribution in [2.45, 2.75) is 27.2 Å². The van der Waals surface area contributed by atoms with Gasteiger partial charge < -0.3 is 14.8 Å². The van der Waals surface area contributed by atoms with Gasteiger partial charge in [-0.05, 0) is 50.6 Å². The summed E-state index contributed by atoms with van der Waals surface area (Å²) in [6, 6.07) is 17.5. The van der Waals surface area contributed by atoms with Gasteiger partial charge in [-0.25, -0.2) is 14.6 Å². The first-order valence-electron chi connectivity index (χ1n) is 15.9. The van der Waals surface area contributed by atoms with Crippen LogP contribution in [-0.2, 0) is 20.5 Å². The maximum atomic E-state index is 6.47. The lowest BCUT2D eigenvalue weighted by Gasteiger charge is -2.11. The quantitative estimate of drug-likeness (QED) is 0.208. The van der Waals surface area contributed by atoms with Crippen molar-refractivity contribution in [3.05, 3.63) is 102 Å². The first-order valence-corrected chi connectivity index (χ1v) is 15.9. The fraction of sp³-hybridized carbons (Fsp3) is 0.200. The van der Waals surface area contributed by atoms with Crippen LogP contribution in [0, 0.1) is 20.8 Å². The molecule has 50 heavy (non-hydrogen) atoms. The highest BCUT2D eigenvalue weighted by molar-refractivity contribution is 5.71. The maximum Gasteiger partial charge on any atom is 0.227 e. The molecule has 0 bridgehead atoms. The largest absolute Gasteiger partial charge is 0.453 e. The summed E-state index contributed by atoms with van der Waals surface area (Å²) >= 11 is 0. The maximum absolute atomic E-state index is 6.47. The summed E-state index contributed by atoms with van der Waals surface area (Å²) < 4.78 is 20.1. The highest BCUT2D eigenvalue weighted by atomic mass is 16.5. The highest BCUT2D eigenvalue weighted by Crippen LogP contribution is 2.36. The summed E-state index contributed by atoms with van der Waals surface area (Å²) in [5.41, 5.74) is 6.60. The summed E-state index contributed by atoms with van der Waals surface area (Å²) in [7, 11) is 5.53. The van der Waals surface area contributed by atoms with Gasteiger partial charge in [-0.2, -0.15) is 10.2 Å². The van der Waals surface area contributed by atoms with Crippen LogP contribution in [0.1, 0.15) is 28.6 Å². The van der Waals surface area contributed by atoms with E-state index in [1.807, 2.05) is 111 Å². The molecule has 6 heterocycles. The monoisotopic (exact) mass is 667 g/mol. The molecule has 1 N–H and O–H groups in total. The second-order valence-corrected chi connectivity index (χ2v) is 11.9. The number of nitrogens with zero attached hydrogens (tertiary/aromatic N) is 12. The molecule has 0 saturated heterocycles. The zero-order valence-corrected chi connectivity index (χ0v) is 28.3. The Balaban J connectivity index is 1.12. The predicted octanol–water partition coefficient (Wildman–Crippen LogP) is 5.51. The molecule has 15 nitrogen and oxygen atoms in total. The number of aryl methyl sites for hydroxylation is 4. The van der Waals surface area contributed by atoms with E-state index in [-0.39, 0.29) is 0 Å². The van der Waals surface area contributed by atoms with Crippen molar-refractivity contribution >= 4 is 17.1 Å². The van der Waals surface area contributed by atoms with E-state index in [0.29, 0.717) is 69.6 Å². The Morgan fingerprint density at radius 1 is 0.760 bits per heavy atom. The van der Waals surface area contributed by atoms with Crippen LogP contribution in [0.2, 0.25) is 0 Å². The van der Waals surface area contributed by atoms with E-state index in [1.165, 1.54) is 0 Å². The van der Waals surface area contributed by atoms with E-state index in [2.05, 4.69) is 30.8 Å². The molecule has 2 aromatic carbocycles. The summed E-state index contributed by atoms with van der Waals surface area (Å²) in [6.07, 6.45) is 6.03. The molecule has 8 aromatic rings. The lowest BCUT2D eigenvalue weighted by molar-refractivity contribution is 0.431. The molecule has 0 radical (unpaired) electrons. The molecule has 0 aliphatic heterocycles. The standard InChI is InChI=1S/C35H33N13O2/c1-20-33-42-40-22(3)47(33)18-27(38-20)26-17-37-46(6)35(26)50-25-14-10-11-23(15-25)16-29-41-43-34-32(36-4)39-28(19-48(29)34)30-31(21(2)45(5)44-30)49-24-12-8-7-9-13-24/h7-15,17-19H,16H2,1-6H3,(H,36,39). The third-order valence-electron chi connectivity index (χ3n) is 8.55. The van der Waals surface area contributed by atoms with Gasteiger partial charge in [-0.15, -0.1) is 20.4 Å². The van der Waals surface area contributed by atoms with E-state index < -0.39 is 0 Å². The molecule has 0 atom stereocenters. The van der Waals surface area contributed by atoms with Crippen LogP contribution in [0.25, 0.3) is 33.9 Å². The number of ether oxygens (including phenoxy) is 2. The van der Waals surface area contributed by atoms with Gasteiger partial charge >= 0.3 is 0 Å². The minimum atomic E-state index is 0.474. The lowest BCUT2D eigenvalue weighted by Crippen LogP contribution is -2.03. The SMILES string of the molecule is CNc1nc(-c2nn(C)c(C)c2Oc2ccccc2)cn2c(Cc3cccc(Oc4c(-c5cn6c(C)nnc6c(C)n5)cnn4C)c3)nnc12. The molecule has 8 rings (SSSR count). The van der Waals surface area contributed by atoms with Gasteiger partial charge in [-0.3, -0.25) is 13.5 Å². The molecule has 0 fully saturated rings. The third-order valence-corrected chi connectivity index (χ3v) is 8.55. The van der Waals surface area contributed by atoms with E-state index in [4.69, 9.17) is 24.5 Å². The van der Waals surface area contributed by atoms with Crippen molar-refractivity contribution in [1.82, 2.24) is 58.7 Å². The van der Waals surface area contributed by atoms with Crippen molar-refractivity contribution in [2.75, 3.05) is 12.4 Å². The molecular weight excluding hydrogens is 634 g/mol. The number of fused-ring (bicyclic) bond motifs is 2. The van der Waals surface area contributed by atoms with Gasteiger partial charge in [0.25, 0.3) is 0 Å². The number of hydrogen-bond donors (Lipinski definition) is 1. The molecule has 6 aromatic heterocycles. The molecule has 0 aliphatic carbocycles. The number of rotatable bonds is 9. The first kappa shape index (κ1) is 30.7. The number of anilines is 1. The Morgan fingerprint density at radius 3 is 2.36 bits per heavy atom. The Bertz CT molecular complexity index is 2530. The average Bonchev–Trinajstić information content (AvgIpc) is 3.88. The average molecular weight is 668 g/mol. The van der Waals surface area contributed by atoms with Crippen LogP contribution < -0.4 is 14.8 Å². The Hall–Kier alpha value is -6.64. The van der Waals surface area contributed by atoms with E-state index in [9.17, 15) is 0 Å². The van der Waals surface area contributed by atoms with E-state index >= 15 is 0 Å². The number of nitrogens with one attached hydrogen (secondary N) is 1. The van der Waals surface area contributed by atoms with Crippen LogP contribution in [0.15, 0.2) is 73.2 Å². The first-order chi connectivity index (χ1) is 24.3. The van der Waals surface area contributed by atoms with Crippen LogP contribution in [0.3, 0.4) is 0 Å². The van der Waals surface area contributed by atoms with Crippen molar-refractivity contribution < 1.29 is 9.47 Å². The van der Waals surface area contributed by atoms with Crippen molar-refractivity contribution in [3.63, 3.8) is 0 Å². The summed E-state index contributed by atoms with van der Waals surface area (Å²) in [5, 5.41) is 29.9. The smallest absolute Gasteiger partial charge is 0.227 e. The summed E-state index contributed by atoms with van der Waals surface area (Å²) in [4.78, 5) is 9.63. The minimum absolute atomic E-state index is 0.474. The second kappa shape index (κ2) is 12.1. The summed E-state index contributed by atoms with van der Waals surface area (Å²) in [5.74, 6) is 4.60. The van der Waals surface area contributed by atoms with Gasteiger partial charge in [0.05, 0.1) is 28.8 Å². The van der Waals surface area contributed by atoms with Crippen LogP contribution >= 0.6 is 0 Å². The van der Waals surface area contributed by atoms with E-state index in [0.717, 1.165) is 28.3 Å². The van der Waals surface area contributed by atoms with Gasteiger partial charge in [0.1, 0.15) is 28.8 Å². The van der Waals surface area contributed by atoms with Crippen LogP contribution in [0.5, 0.6) is 23.1 Å². The molecule has 0 aliphatic rings.